The van der Waals surface area contributed by atoms with Crippen LogP contribution >= 0.6 is 0 Å². The molecule has 1 aliphatic heterocycles. The van der Waals surface area contributed by atoms with Crippen molar-refractivity contribution in [2.24, 2.45) is 0 Å². The van der Waals surface area contributed by atoms with E-state index in [2.05, 4.69) is 14.7 Å². The number of nitrogens with one attached hydrogen (secondary N) is 1. The average molecular weight is 541 g/mol. The number of rotatable bonds is 5. The van der Waals surface area contributed by atoms with E-state index < -0.39 is 32.2 Å². The van der Waals surface area contributed by atoms with Gasteiger partial charge in [0.2, 0.25) is 5.88 Å². The number of likely N-dealkylation sites (N-methyl/N-ethyl adjacent to an activating group) is 1. The molecule has 0 spiro atoms. The number of amides is 1. The van der Waals surface area contributed by atoms with Crippen LogP contribution in [-0.2, 0) is 14.8 Å². The third-order valence-electron chi connectivity index (χ3n) is 6.14. The minimum absolute atomic E-state index is 0.0510. The van der Waals surface area contributed by atoms with Gasteiger partial charge in [0, 0.05) is 30.3 Å². The first-order valence-corrected chi connectivity index (χ1v) is 12.8. The highest BCUT2D eigenvalue weighted by Crippen LogP contribution is 2.42. The Kier molecular flexibility index (Phi) is 5.94. The summed E-state index contributed by atoms with van der Waals surface area (Å²) in [5.74, 6) is -1.92. The van der Waals surface area contributed by atoms with Gasteiger partial charge >= 0.3 is 0 Å². The molecule has 1 amide bonds. The summed E-state index contributed by atoms with van der Waals surface area (Å²) < 4.78 is 66.9. The summed E-state index contributed by atoms with van der Waals surface area (Å²) in [5, 5.41) is 0.638. The fourth-order valence-corrected chi connectivity index (χ4v) is 5.34. The molecular weight excluding hydrogens is 518 g/mol. The maximum atomic E-state index is 14.2. The Labute approximate surface area is 217 Å². The van der Waals surface area contributed by atoms with E-state index in [4.69, 9.17) is 9.47 Å². The van der Waals surface area contributed by atoms with Gasteiger partial charge in [0.15, 0.2) is 11.4 Å². The highest BCUT2D eigenvalue weighted by atomic mass is 32.2. The number of anilines is 2. The van der Waals surface area contributed by atoms with Crippen LogP contribution in [0.15, 0.2) is 59.8 Å². The molecule has 2 aromatic carbocycles. The van der Waals surface area contributed by atoms with Crippen molar-refractivity contribution in [2.75, 3.05) is 23.8 Å². The first-order valence-electron chi connectivity index (χ1n) is 11.3. The van der Waals surface area contributed by atoms with Crippen LogP contribution in [0.3, 0.4) is 0 Å². The smallest absolute Gasteiger partial charge is 0.270 e. The lowest BCUT2D eigenvalue weighted by Crippen LogP contribution is -2.51. The Balaban J connectivity index is 1.59. The number of sulfonamides is 1. The van der Waals surface area contributed by atoms with E-state index in [-0.39, 0.29) is 17.5 Å². The van der Waals surface area contributed by atoms with Crippen LogP contribution < -0.4 is 19.1 Å². The molecule has 196 valence electrons. The highest BCUT2D eigenvalue weighted by molar-refractivity contribution is 7.92. The lowest BCUT2D eigenvalue weighted by molar-refractivity contribution is -0.132. The molecule has 12 heteroatoms. The summed E-state index contributed by atoms with van der Waals surface area (Å²) in [5.41, 5.74) is 1.14. The van der Waals surface area contributed by atoms with Crippen molar-refractivity contribution in [1.29, 1.82) is 0 Å². The minimum atomic E-state index is -4.44. The molecule has 0 bridgehead atoms. The van der Waals surface area contributed by atoms with E-state index in [0.29, 0.717) is 39.5 Å². The summed E-state index contributed by atoms with van der Waals surface area (Å²) in [4.78, 5) is 22.0. The largest absolute Gasteiger partial charge is 0.480 e. The summed E-state index contributed by atoms with van der Waals surface area (Å²) >= 11 is 0. The van der Waals surface area contributed by atoms with Crippen LogP contribution in [0.1, 0.15) is 13.8 Å². The monoisotopic (exact) mass is 540 g/mol. The van der Waals surface area contributed by atoms with Gasteiger partial charge < -0.3 is 14.4 Å². The Bertz CT molecular complexity index is 1730. The molecule has 0 unspecified atom stereocenters. The topological polar surface area (TPSA) is 111 Å². The van der Waals surface area contributed by atoms with E-state index in [0.717, 1.165) is 12.1 Å². The lowest BCUT2D eigenvalue weighted by atomic mass is 10.0. The molecule has 1 N–H and O–H groups in total. The van der Waals surface area contributed by atoms with Gasteiger partial charge in [0.25, 0.3) is 15.9 Å². The van der Waals surface area contributed by atoms with Gasteiger partial charge in [-0.3, -0.25) is 14.5 Å². The molecule has 5 rings (SSSR count). The van der Waals surface area contributed by atoms with Crippen molar-refractivity contribution in [3.8, 4) is 22.8 Å². The Hall–Kier alpha value is -4.32. The molecule has 0 saturated heterocycles. The number of carbonyl (C=O) groups excluding carboxylic acids is 1. The summed E-state index contributed by atoms with van der Waals surface area (Å²) in [6.45, 7) is 3.36. The van der Waals surface area contributed by atoms with Gasteiger partial charge in [-0.25, -0.2) is 22.2 Å². The molecule has 9 nitrogen and oxygen atoms in total. The fraction of sp³-hybridized carbons (Fsp3) is 0.192. The average Bonchev–Trinajstić information content (AvgIpc) is 2.86. The molecule has 3 heterocycles. The zero-order valence-electron chi connectivity index (χ0n) is 20.7. The standard InChI is InChI=1S/C26H22F2N4O5S/c1-26(2)25(33)32(3)21-13-29-19-7-5-14(9-17(19)23(21)37-26)15-10-20(24(36-4)30-12-15)31-38(34,35)22-8-6-16(27)11-18(22)28/h5-13,31H,1-4H3. The van der Waals surface area contributed by atoms with Gasteiger partial charge in [0.1, 0.15) is 27.9 Å². The van der Waals surface area contributed by atoms with Crippen molar-refractivity contribution in [2.45, 2.75) is 24.3 Å². The third-order valence-corrected chi connectivity index (χ3v) is 7.54. The first-order chi connectivity index (χ1) is 17.9. The summed E-state index contributed by atoms with van der Waals surface area (Å²) in [7, 11) is -1.48. The Morgan fingerprint density at radius 3 is 2.50 bits per heavy atom. The Morgan fingerprint density at radius 1 is 1.03 bits per heavy atom. The normalized spacial score (nSPS) is 14.7. The van der Waals surface area contributed by atoms with Gasteiger partial charge in [-0.15, -0.1) is 0 Å². The molecule has 0 aliphatic carbocycles. The molecule has 1 aliphatic rings. The number of aromatic nitrogens is 2. The van der Waals surface area contributed by atoms with Crippen LogP contribution in [0, 0.1) is 11.6 Å². The van der Waals surface area contributed by atoms with Crippen LogP contribution in [0.4, 0.5) is 20.2 Å². The second-order valence-electron chi connectivity index (χ2n) is 9.14. The van der Waals surface area contributed by atoms with E-state index in [1.54, 1.807) is 45.3 Å². The second kappa shape index (κ2) is 8.91. The Morgan fingerprint density at radius 2 is 1.79 bits per heavy atom. The van der Waals surface area contributed by atoms with Crippen molar-refractivity contribution < 1.29 is 31.5 Å². The zero-order chi connectivity index (χ0) is 27.4. The molecular formula is C26H22F2N4O5S. The van der Waals surface area contributed by atoms with Crippen molar-refractivity contribution in [1.82, 2.24) is 9.97 Å². The van der Waals surface area contributed by atoms with Crippen molar-refractivity contribution in [3.05, 3.63) is 66.5 Å². The van der Waals surface area contributed by atoms with E-state index in [1.807, 2.05) is 0 Å². The zero-order valence-corrected chi connectivity index (χ0v) is 21.6. The summed E-state index contributed by atoms with van der Waals surface area (Å²) in [6.07, 6.45) is 3.06. The van der Waals surface area contributed by atoms with Gasteiger partial charge in [-0.05, 0) is 49.7 Å². The van der Waals surface area contributed by atoms with E-state index >= 15 is 0 Å². The number of methoxy groups -OCH3 is 1. The maximum Gasteiger partial charge on any atom is 0.270 e. The number of halogens is 2. The predicted molar refractivity (Wildman–Crippen MR) is 137 cm³/mol. The van der Waals surface area contributed by atoms with Crippen molar-refractivity contribution in [3.63, 3.8) is 0 Å². The fourth-order valence-electron chi connectivity index (χ4n) is 4.23. The summed E-state index contributed by atoms with van der Waals surface area (Å²) in [6, 6.07) is 8.98. The number of pyridine rings is 2. The number of hydrogen-bond acceptors (Lipinski definition) is 7. The molecule has 0 radical (unpaired) electrons. The predicted octanol–water partition coefficient (Wildman–Crippen LogP) is 4.52. The van der Waals surface area contributed by atoms with E-state index in [1.165, 1.54) is 24.3 Å². The van der Waals surface area contributed by atoms with Gasteiger partial charge in [0.05, 0.1) is 18.8 Å². The lowest BCUT2D eigenvalue weighted by Gasteiger charge is -2.37. The number of benzene rings is 2. The van der Waals surface area contributed by atoms with Crippen LogP contribution in [0.25, 0.3) is 22.0 Å². The highest BCUT2D eigenvalue weighted by Gasteiger charge is 2.40. The molecule has 0 atom stereocenters. The van der Waals surface area contributed by atoms with Crippen LogP contribution in [0.2, 0.25) is 0 Å². The molecule has 0 saturated carbocycles. The molecule has 0 fully saturated rings. The van der Waals surface area contributed by atoms with E-state index in [9.17, 15) is 22.0 Å². The van der Waals surface area contributed by atoms with Crippen LogP contribution in [-0.4, -0.2) is 44.1 Å². The minimum Gasteiger partial charge on any atom is -0.480 e. The quantitative estimate of drug-likeness (QED) is 0.396. The maximum absolute atomic E-state index is 14.2. The molecule has 38 heavy (non-hydrogen) atoms. The number of fused-ring (bicyclic) bond motifs is 3. The number of ether oxygens (including phenoxy) is 2. The van der Waals surface area contributed by atoms with Gasteiger partial charge in [-0.1, -0.05) is 6.07 Å². The number of nitrogens with zero attached hydrogens (tertiary/aromatic N) is 3. The third kappa shape index (κ3) is 4.26. The molecule has 4 aromatic rings. The van der Waals surface area contributed by atoms with Crippen LogP contribution in [0.5, 0.6) is 11.6 Å². The number of hydrogen-bond donors (Lipinski definition) is 1. The van der Waals surface area contributed by atoms with Gasteiger partial charge in [-0.2, -0.15) is 0 Å². The SMILES string of the molecule is COc1ncc(-c2ccc3ncc4c(c3c2)OC(C)(C)C(=O)N4C)cc1NS(=O)(=O)c1ccc(F)cc1F. The second-order valence-corrected chi connectivity index (χ2v) is 10.8. The number of carbonyl (C=O) groups is 1. The molecule has 2 aromatic heterocycles. The first kappa shape index (κ1) is 25.3. The van der Waals surface area contributed by atoms with Crippen molar-refractivity contribution >= 4 is 38.2 Å².